The highest BCUT2D eigenvalue weighted by atomic mass is 28.3. The van der Waals surface area contributed by atoms with Crippen LogP contribution in [-0.4, -0.2) is 20.2 Å². The molecule has 1 aromatic heterocycles. The number of anilines is 1. The van der Waals surface area contributed by atoms with Crippen LogP contribution < -0.4 is 15.8 Å². The molecule has 0 spiro atoms. The third-order valence-electron chi connectivity index (χ3n) is 1.87. The van der Waals surface area contributed by atoms with Gasteiger partial charge in [-0.15, -0.1) is 0 Å². The van der Waals surface area contributed by atoms with Crippen LogP contribution in [0.4, 0.5) is 5.82 Å². The first-order valence-electron chi connectivity index (χ1n) is 4.26. The zero-order chi connectivity index (χ0) is 10.1. The highest BCUT2D eigenvalue weighted by Crippen LogP contribution is 2.16. The minimum Gasteiger partial charge on any atom is -0.493 e. The van der Waals surface area contributed by atoms with Crippen LogP contribution in [0.2, 0.25) is 19.6 Å². The molecule has 3 nitrogen and oxygen atoms in total. The van der Waals surface area contributed by atoms with Gasteiger partial charge in [-0.05, 0) is 12.1 Å². The van der Waals surface area contributed by atoms with Gasteiger partial charge in [0.25, 0.3) is 0 Å². The summed E-state index contributed by atoms with van der Waals surface area (Å²) in [7, 11) is 0.252. The van der Waals surface area contributed by atoms with Gasteiger partial charge in [-0.2, -0.15) is 0 Å². The SMILES string of the molecule is COc1ccc([Si](C)(C)C)nc1N. The molecule has 1 heterocycles. The molecule has 0 aliphatic carbocycles. The van der Waals surface area contributed by atoms with E-state index in [0.717, 1.165) is 5.32 Å². The van der Waals surface area contributed by atoms with Crippen molar-refractivity contribution in [1.82, 2.24) is 4.98 Å². The average molecular weight is 196 g/mol. The lowest BCUT2D eigenvalue weighted by Gasteiger charge is -2.16. The first-order chi connectivity index (χ1) is 5.95. The molecule has 1 rings (SSSR count). The van der Waals surface area contributed by atoms with Crippen LogP contribution in [0, 0.1) is 0 Å². The third-order valence-corrected chi connectivity index (χ3v) is 3.69. The zero-order valence-electron chi connectivity index (χ0n) is 8.59. The Morgan fingerprint density at radius 3 is 2.31 bits per heavy atom. The molecule has 1 aromatic rings. The summed E-state index contributed by atoms with van der Waals surface area (Å²) in [5.74, 6) is 1.14. The Morgan fingerprint density at radius 1 is 1.31 bits per heavy atom. The summed E-state index contributed by atoms with van der Waals surface area (Å²) in [6.45, 7) is 6.71. The number of pyridine rings is 1. The van der Waals surface area contributed by atoms with E-state index in [1.54, 1.807) is 7.11 Å². The van der Waals surface area contributed by atoms with Crippen molar-refractivity contribution in [1.29, 1.82) is 0 Å². The number of rotatable bonds is 2. The number of nitrogens with two attached hydrogens (primary N) is 1. The number of methoxy groups -OCH3 is 1. The van der Waals surface area contributed by atoms with Gasteiger partial charge < -0.3 is 10.5 Å². The van der Waals surface area contributed by atoms with Crippen molar-refractivity contribution < 1.29 is 4.74 Å². The molecule has 2 N–H and O–H groups in total. The molecule has 0 aliphatic heterocycles. The Balaban J connectivity index is 3.10. The molecule has 0 aromatic carbocycles. The largest absolute Gasteiger partial charge is 0.493 e. The summed E-state index contributed by atoms with van der Waals surface area (Å²) in [4.78, 5) is 4.33. The van der Waals surface area contributed by atoms with Crippen LogP contribution >= 0.6 is 0 Å². The molecule has 0 saturated carbocycles. The van der Waals surface area contributed by atoms with Crippen LogP contribution in [0.15, 0.2) is 12.1 Å². The summed E-state index contributed by atoms with van der Waals surface area (Å²) in [5.41, 5.74) is 5.71. The molecule has 0 unspecified atom stereocenters. The van der Waals surface area contributed by atoms with Crippen molar-refractivity contribution in [3.8, 4) is 5.75 Å². The number of nitrogen functional groups attached to an aromatic ring is 1. The van der Waals surface area contributed by atoms with E-state index >= 15 is 0 Å². The lowest BCUT2D eigenvalue weighted by Crippen LogP contribution is -2.40. The van der Waals surface area contributed by atoms with E-state index in [-0.39, 0.29) is 0 Å². The van der Waals surface area contributed by atoms with Crippen molar-refractivity contribution in [2.75, 3.05) is 12.8 Å². The highest BCUT2D eigenvalue weighted by Gasteiger charge is 2.19. The summed E-state index contributed by atoms with van der Waals surface area (Å²) >= 11 is 0. The maximum Gasteiger partial charge on any atom is 0.165 e. The summed E-state index contributed by atoms with van der Waals surface area (Å²) in [6, 6.07) is 3.89. The van der Waals surface area contributed by atoms with Gasteiger partial charge in [0, 0.05) is 5.32 Å². The van der Waals surface area contributed by atoms with Crippen LogP contribution in [0.1, 0.15) is 0 Å². The topological polar surface area (TPSA) is 48.1 Å². The van der Waals surface area contributed by atoms with Gasteiger partial charge in [0.1, 0.15) is 8.07 Å². The molecular weight excluding hydrogens is 180 g/mol. The maximum atomic E-state index is 5.71. The fraction of sp³-hybridized carbons (Fsp3) is 0.444. The van der Waals surface area contributed by atoms with Crippen LogP contribution in [0.5, 0.6) is 5.75 Å². The van der Waals surface area contributed by atoms with Crippen molar-refractivity contribution in [3.63, 3.8) is 0 Å². The predicted molar refractivity (Wildman–Crippen MR) is 58.2 cm³/mol. The molecule has 0 fully saturated rings. The number of nitrogens with zero attached hydrogens (tertiary/aromatic N) is 1. The van der Waals surface area contributed by atoms with Crippen molar-refractivity contribution in [3.05, 3.63) is 12.1 Å². The van der Waals surface area contributed by atoms with Gasteiger partial charge >= 0.3 is 0 Å². The van der Waals surface area contributed by atoms with E-state index < -0.39 is 8.07 Å². The van der Waals surface area contributed by atoms with E-state index in [2.05, 4.69) is 24.6 Å². The lowest BCUT2D eigenvalue weighted by atomic mass is 10.4. The third kappa shape index (κ3) is 2.21. The Bertz CT molecular complexity index is 307. The number of ether oxygens (including phenoxy) is 1. The number of hydrogen-bond donors (Lipinski definition) is 1. The Hall–Kier alpha value is -1.03. The van der Waals surface area contributed by atoms with E-state index in [9.17, 15) is 0 Å². The van der Waals surface area contributed by atoms with Gasteiger partial charge in [0.05, 0.1) is 7.11 Å². The smallest absolute Gasteiger partial charge is 0.165 e. The van der Waals surface area contributed by atoms with Crippen LogP contribution in [0.25, 0.3) is 0 Å². The average Bonchev–Trinajstić information content (AvgIpc) is 2.02. The van der Waals surface area contributed by atoms with Crippen molar-refractivity contribution >= 4 is 19.2 Å². The van der Waals surface area contributed by atoms with E-state index in [1.807, 2.05) is 12.1 Å². The maximum absolute atomic E-state index is 5.71. The van der Waals surface area contributed by atoms with Gasteiger partial charge in [-0.25, -0.2) is 4.98 Å². The lowest BCUT2D eigenvalue weighted by molar-refractivity contribution is 0.415. The molecule has 4 heteroatoms. The summed E-state index contributed by atoms with van der Waals surface area (Å²) < 4.78 is 5.04. The molecule has 0 bridgehead atoms. The van der Waals surface area contributed by atoms with Crippen molar-refractivity contribution in [2.45, 2.75) is 19.6 Å². The fourth-order valence-electron chi connectivity index (χ4n) is 1.05. The second-order valence-corrected chi connectivity index (χ2v) is 9.05. The standard InChI is InChI=1S/C9H16N2OSi/c1-12-7-5-6-8(11-9(7)10)13(2,3)4/h5-6H,1-4H3,(H2,10,11). The zero-order valence-corrected chi connectivity index (χ0v) is 9.59. The first kappa shape index (κ1) is 10.1. The molecule has 0 atom stereocenters. The summed E-state index contributed by atoms with van der Waals surface area (Å²) in [5, 5.41) is 1.12. The number of hydrogen-bond acceptors (Lipinski definition) is 3. The van der Waals surface area contributed by atoms with Gasteiger partial charge in [-0.3, -0.25) is 0 Å². The van der Waals surface area contributed by atoms with E-state index in [4.69, 9.17) is 10.5 Å². The number of aromatic nitrogens is 1. The molecule has 0 amide bonds. The summed E-state index contributed by atoms with van der Waals surface area (Å²) in [6.07, 6.45) is 0. The molecular formula is C9H16N2OSi. The van der Waals surface area contributed by atoms with Gasteiger partial charge in [-0.1, -0.05) is 19.6 Å². The van der Waals surface area contributed by atoms with Crippen molar-refractivity contribution in [2.24, 2.45) is 0 Å². The molecule has 0 aliphatic rings. The molecule has 0 radical (unpaired) electrons. The minimum absolute atomic E-state index is 0.488. The molecule has 72 valence electrons. The predicted octanol–water partition coefficient (Wildman–Crippen LogP) is 1.22. The monoisotopic (exact) mass is 196 g/mol. The quantitative estimate of drug-likeness (QED) is 0.723. The van der Waals surface area contributed by atoms with Gasteiger partial charge in [0.2, 0.25) is 0 Å². The highest BCUT2D eigenvalue weighted by molar-refractivity contribution is 6.88. The second-order valence-electron chi connectivity index (χ2n) is 4.03. The van der Waals surface area contributed by atoms with Crippen LogP contribution in [-0.2, 0) is 0 Å². The minimum atomic E-state index is -1.35. The molecule has 0 saturated heterocycles. The Labute approximate surface area is 79.9 Å². The fourth-order valence-corrected chi connectivity index (χ4v) is 2.09. The first-order valence-corrected chi connectivity index (χ1v) is 7.76. The van der Waals surface area contributed by atoms with Gasteiger partial charge in [0.15, 0.2) is 11.6 Å². The normalized spacial score (nSPS) is 11.4. The Kier molecular flexibility index (Phi) is 2.61. The second kappa shape index (κ2) is 3.37. The van der Waals surface area contributed by atoms with Crippen LogP contribution in [0.3, 0.4) is 0 Å². The molecule has 13 heavy (non-hydrogen) atoms. The van der Waals surface area contributed by atoms with E-state index in [1.165, 1.54) is 0 Å². The Morgan fingerprint density at radius 2 is 1.92 bits per heavy atom. The van der Waals surface area contributed by atoms with E-state index in [0.29, 0.717) is 11.6 Å².